The van der Waals surface area contributed by atoms with E-state index in [4.69, 9.17) is 25.8 Å². The van der Waals surface area contributed by atoms with Crippen molar-refractivity contribution in [2.45, 2.75) is 6.61 Å². The number of anilines is 1. The Morgan fingerprint density at radius 1 is 1.08 bits per heavy atom. The molecule has 0 aromatic heterocycles. The van der Waals surface area contributed by atoms with Crippen LogP contribution in [-0.2, 0) is 16.2 Å². The lowest BCUT2D eigenvalue weighted by Gasteiger charge is -2.26. The Morgan fingerprint density at radius 3 is 2.53 bits per heavy atom. The molecule has 2 aliphatic rings. The minimum absolute atomic E-state index is 0.0196. The van der Waals surface area contributed by atoms with E-state index in [1.165, 1.54) is 36.4 Å². The number of urea groups is 1. The van der Waals surface area contributed by atoms with Gasteiger partial charge in [-0.2, -0.15) is 0 Å². The summed E-state index contributed by atoms with van der Waals surface area (Å²) in [7, 11) is 0. The summed E-state index contributed by atoms with van der Waals surface area (Å²) < 4.78 is 16.8. The molecule has 11 nitrogen and oxygen atoms in total. The van der Waals surface area contributed by atoms with Crippen LogP contribution in [0.4, 0.5) is 16.2 Å². The van der Waals surface area contributed by atoms with Crippen molar-refractivity contribution in [3.8, 4) is 17.2 Å². The largest absolute Gasteiger partial charge is 0.486 e. The molecule has 0 radical (unpaired) electrons. The fraction of sp³-hybridized carbons (Fsp3) is 0.0800. The fourth-order valence-corrected chi connectivity index (χ4v) is 4.74. The number of hydrogen-bond donors (Lipinski definition) is 1. The van der Waals surface area contributed by atoms with Crippen molar-refractivity contribution in [1.82, 2.24) is 5.32 Å². The van der Waals surface area contributed by atoms with Crippen molar-refractivity contribution >= 4 is 62.8 Å². The quantitative estimate of drug-likeness (QED) is 0.181. The number of nitrogens with one attached hydrogen (secondary N) is 1. The first-order valence-electron chi connectivity index (χ1n) is 10.9. The second-order valence-corrected chi connectivity index (χ2v) is 9.28. The summed E-state index contributed by atoms with van der Waals surface area (Å²) in [4.78, 5) is 49.4. The molecule has 2 aliphatic heterocycles. The van der Waals surface area contributed by atoms with E-state index in [9.17, 15) is 24.5 Å². The van der Waals surface area contributed by atoms with Crippen LogP contribution in [0.1, 0.15) is 11.1 Å². The van der Waals surface area contributed by atoms with Crippen LogP contribution in [0.25, 0.3) is 6.08 Å². The van der Waals surface area contributed by atoms with Gasteiger partial charge in [0, 0.05) is 18.2 Å². The molecule has 3 aromatic rings. The summed E-state index contributed by atoms with van der Waals surface area (Å²) in [6.07, 6.45) is 1.31. The third kappa shape index (κ3) is 4.91. The molecule has 0 aliphatic carbocycles. The summed E-state index contributed by atoms with van der Waals surface area (Å²) in [6.45, 7) is 0.107. The molecule has 0 saturated carbocycles. The summed E-state index contributed by atoms with van der Waals surface area (Å²) in [5, 5.41) is 13.2. The van der Waals surface area contributed by atoms with Gasteiger partial charge in [0.15, 0.2) is 17.2 Å². The number of halogens is 2. The van der Waals surface area contributed by atoms with Crippen molar-refractivity contribution < 1.29 is 33.5 Å². The van der Waals surface area contributed by atoms with E-state index < -0.39 is 22.8 Å². The number of benzene rings is 3. The summed E-state index contributed by atoms with van der Waals surface area (Å²) in [6, 6.07) is 12.6. The van der Waals surface area contributed by atoms with Gasteiger partial charge >= 0.3 is 6.03 Å². The Labute approximate surface area is 227 Å². The van der Waals surface area contributed by atoms with Crippen LogP contribution in [0.15, 0.2) is 64.6 Å². The molecule has 3 aromatic carbocycles. The average Bonchev–Trinajstić information content (AvgIpc) is 3.34. The molecule has 0 unspecified atom stereocenters. The number of carbonyl (C=O) groups excluding carboxylic acids is 3. The summed E-state index contributed by atoms with van der Waals surface area (Å²) in [5.41, 5.74) is 0.949. The van der Waals surface area contributed by atoms with E-state index in [2.05, 4.69) is 21.2 Å². The van der Waals surface area contributed by atoms with Crippen LogP contribution < -0.4 is 24.4 Å². The van der Waals surface area contributed by atoms with Gasteiger partial charge in [0.05, 0.1) is 20.1 Å². The predicted molar refractivity (Wildman–Crippen MR) is 138 cm³/mol. The number of nitro groups is 1. The first-order valence-corrected chi connectivity index (χ1v) is 12.0. The second-order valence-electron chi connectivity index (χ2n) is 8.02. The highest BCUT2D eigenvalue weighted by molar-refractivity contribution is 9.10. The van der Waals surface area contributed by atoms with Gasteiger partial charge in [-0.25, -0.2) is 9.69 Å². The number of nitro benzene ring substituents is 1. The van der Waals surface area contributed by atoms with Crippen molar-refractivity contribution in [2.24, 2.45) is 0 Å². The number of ether oxygens (including phenoxy) is 3. The Balaban J connectivity index is 1.38. The molecule has 0 bridgehead atoms. The molecule has 1 fully saturated rings. The number of hydrogen-bond acceptors (Lipinski definition) is 8. The van der Waals surface area contributed by atoms with E-state index >= 15 is 0 Å². The third-order valence-corrected chi connectivity index (χ3v) is 6.45. The fourth-order valence-electron chi connectivity index (χ4n) is 3.75. The lowest BCUT2D eigenvalue weighted by Crippen LogP contribution is -2.54. The maximum Gasteiger partial charge on any atom is 0.335 e. The summed E-state index contributed by atoms with van der Waals surface area (Å²) >= 11 is 9.79. The number of amides is 4. The molecule has 5 rings (SSSR count). The van der Waals surface area contributed by atoms with Gasteiger partial charge in [0.25, 0.3) is 17.5 Å². The number of nitrogens with zero attached hydrogens (tertiary/aromatic N) is 2. The number of imide groups is 2. The summed E-state index contributed by atoms with van der Waals surface area (Å²) in [5.74, 6) is -0.554. The number of non-ortho nitro benzene ring substituents is 1. The molecule has 1 saturated heterocycles. The van der Waals surface area contributed by atoms with Gasteiger partial charge in [-0.1, -0.05) is 11.6 Å². The average molecular weight is 601 g/mol. The smallest absolute Gasteiger partial charge is 0.335 e. The Kier molecular flexibility index (Phi) is 6.74. The van der Waals surface area contributed by atoms with Crippen molar-refractivity contribution in [2.75, 3.05) is 11.7 Å². The maximum atomic E-state index is 13.2. The monoisotopic (exact) mass is 599 g/mol. The molecule has 4 amide bonds. The highest BCUT2D eigenvalue weighted by Crippen LogP contribution is 2.38. The van der Waals surface area contributed by atoms with Crippen molar-refractivity contribution in [1.29, 1.82) is 0 Å². The number of rotatable bonds is 6. The van der Waals surface area contributed by atoms with E-state index in [0.29, 0.717) is 32.8 Å². The molecule has 13 heteroatoms. The highest BCUT2D eigenvalue weighted by atomic mass is 79.9. The van der Waals surface area contributed by atoms with Crippen LogP contribution in [0.5, 0.6) is 17.2 Å². The molecule has 2 heterocycles. The zero-order valence-electron chi connectivity index (χ0n) is 19.1. The van der Waals surface area contributed by atoms with E-state index in [1.54, 1.807) is 24.3 Å². The molecule has 1 N–H and O–H groups in total. The normalized spacial score (nSPS) is 15.6. The van der Waals surface area contributed by atoms with Gasteiger partial charge in [-0.05, 0) is 69.5 Å². The molecular weight excluding hydrogens is 586 g/mol. The number of carbonyl (C=O) groups is 3. The minimum Gasteiger partial charge on any atom is -0.486 e. The Morgan fingerprint density at radius 2 is 1.82 bits per heavy atom. The zero-order chi connectivity index (χ0) is 27.0. The molecule has 38 heavy (non-hydrogen) atoms. The lowest BCUT2D eigenvalue weighted by molar-refractivity contribution is -0.384. The van der Waals surface area contributed by atoms with Gasteiger partial charge in [0.1, 0.15) is 12.2 Å². The van der Waals surface area contributed by atoms with Crippen LogP contribution in [0.2, 0.25) is 5.02 Å². The van der Waals surface area contributed by atoms with Gasteiger partial charge in [0.2, 0.25) is 6.79 Å². The van der Waals surface area contributed by atoms with Crippen molar-refractivity contribution in [3.63, 3.8) is 0 Å². The van der Waals surface area contributed by atoms with Crippen LogP contribution in [-0.4, -0.2) is 29.6 Å². The minimum atomic E-state index is -0.898. The SMILES string of the molecule is O=C1NC(=O)N(c2ccc3c(c2)OCO3)C(=O)/C1=C/c1cc(Cl)c(OCc2ccc([N+](=O)[O-])cc2)c(Br)c1. The van der Waals surface area contributed by atoms with E-state index in [-0.39, 0.29) is 35.4 Å². The molecule has 0 spiro atoms. The molecular formula is C25H15BrClN3O8. The molecule has 0 atom stereocenters. The van der Waals surface area contributed by atoms with Crippen LogP contribution in [0, 0.1) is 10.1 Å². The lowest BCUT2D eigenvalue weighted by atomic mass is 10.1. The van der Waals surface area contributed by atoms with Gasteiger partial charge in [-0.3, -0.25) is 25.0 Å². The van der Waals surface area contributed by atoms with Crippen LogP contribution in [0.3, 0.4) is 0 Å². The standard InChI is InChI=1S/C25H15BrClN3O8/c26-18-8-14(9-19(27)22(18)36-11-13-1-3-15(4-2-13)30(34)35)7-17-23(31)28-25(33)29(24(17)32)16-5-6-20-21(10-16)38-12-37-20/h1-10H,11-12H2,(H,28,31,33)/b17-7+. The highest BCUT2D eigenvalue weighted by Gasteiger charge is 2.37. The van der Waals surface area contributed by atoms with Crippen molar-refractivity contribution in [3.05, 3.63) is 90.9 Å². The first kappa shape index (κ1) is 25.2. The zero-order valence-corrected chi connectivity index (χ0v) is 21.4. The number of fused-ring (bicyclic) bond motifs is 1. The molecule has 192 valence electrons. The van der Waals surface area contributed by atoms with E-state index in [1.807, 2.05) is 0 Å². The number of barbiturate groups is 1. The van der Waals surface area contributed by atoms with Gasteiger partial charge in [-0.15, -0.1) is 0 Å². The second kappa shape index (κ2) is 10.1. The van der Waals surface area contributed by atoms with Gasteiger partial charge < -0.3 is 14.2 Å². The van der Waals surface area contributed by atoms with E-state index in [0.717, 1.165) is 4.90 Å². The maximum absolute atomic E-state index is 13.2. The topological polar surface area (TPSA) is 137 Å². The van der Waals surface area contributed by atoms with Crippen LogP contribution >= 0.6 is 27.5 Å². The third-order valence-electron chi connectivity index (χ3n) is 5.58. The Bertz CT molecular complexity index is 1520. The first-order chi connectivity index (χ1) is 18.2. The predicted octanol–water partition coefficient (Wildman–Crippen LogP) is 4.98. The Hall–Kier alpha value is -4.42.